The summed E-state index contributed by atoms with van der Waals surface area (Å²) in [5.41, 5.74) is 0.751. The van der Waals surface area contributed by atoms with Gasteiger partial charge in [0.15, 0.2) is 0 Å². The highest BCUT2D eigenvalue weighted by molar-refractivity contribution is 14.1. The van der Waals surface area contributed by atoms with E-state index in [9.17, 15) is 4.39 Å². The average molecular weight is 390 g/mol. The first kappa shape index (κ1) is 12.5. The van der Waals surface area contributed by atoms with E-state index in [2.05, 4.69) is 20.4 Å². The molecule has 0 amide bonds. The van der Waals surface area contributed by atoms with Crippen LogP contribution in [-0.4, -0.2) is 19.6 Å². The van der Waals surface area contributed by atoms with Crippen LogP contribution in [0.4, 0.5) is 15.9 Å². The molecular formula is C11H6ClFIN5. The molecule has 0 saturated carbocycles. The number of benzene rings is 1. The number of nitrogens with zero attached hydrogens (tertiary/aromatic N) is 4. The first-order chi connectivity index (χ1) is 9.13. The summed E-state index contributed by atoms with van der Waals surface area (Å²) >= 11 is 7.97. The van der Waals surface area contributed by atoms with Gasteiger partial charge in [0, 0.05) is 9.64 Å². The second-order valence-corrected chi connectivity index (χ2v) is 5.23. The van der Waals surface area contributed by atoms with Gasteiger partial charge in [-0.2, -0.15) is 19.6 Å². The second kappa shape index (κ2) is 4.89. The third kappa shape index (κ3) is 2.47. The Morgan fingerprint density at radius 3 is 2.95 bits per heavy atom. The van der Waals surface area contributed by atoms with Crippen LogP contribution in [0.2, 0.25) is 5.15 Å². The molecule has 19 heavy (non-hydrogen) atoms. The van der Waals surface area contributed by atoms with E-state index in [1.54, 1.807) is 12.1 Å². The van der Waals surface area contributed by atoms with E-state index >= 15 is 0 Å². The molecule has 8 heteroatoms. The lowest BCUT2D eigenvalue weighted by atomic mass is 10.3. The van der Waals surface area contributed by atoms with Crippen LogP contribution in [0.1, 0.15) is 0 Å². The zero-order valence-electron chi connectivity index (χ0n) is 9.31. The van der Waals surface area contributed by atoms with Gasteiger partial charge in [-0.15, -0.1) is 0 Å². The van der Waals surface area contributed by atoms with Gasteiger partial charge in [-0.05, 0) is 40.8 Å². The van der Waals surface area contributed by atoms with E-state index in [0.29, 0.717) is 16.7 Å². The van der Waals surface area contributed by atoms with Crippen LogP contribution >= 0.6 is 34.2 Å². The fourth-order valence-electron chi connectivity index (χ4n) is 1.60. The van der Waals surface area contributed by atoms with Crippen LogP contribution in [0.15, 0.2) is 30.6 Å². The third-order valence-electron chi connectivity index (χ3n) is 2.41. The number of hydrogen-bond donors (Lipinski definition) is 1. The van der Waals surface area contributed by atoms with Gasteiger partial charge in [-0.25, -0.2) is 4.39 Å². The number of nitrogens with one attached hydrogen (secondary N) is 1. The Labute approximate surface area is 126 Å². The Morgan fingerprint density at radius 1 is 1.32 bits per heavy atom. The fourth-order valence-corrected chi connectivity index (χ4v) is 2.39. The Morgan fingerprint density at radius 2 is 2.16 bits per heavy atom. The lowest BCUT2D eigenvalue weighted by Crippen LogP contribution is -2.02. The molecule has 0 bridgehead atoms. The molecule has 0 aliphatic carbocycles. The molecule has 3 rings (SSSR count). The average Bonchev–Trinajstić information content (AvgIpc) is 2.80. The minimum atomic E-state index is -0.284. The van der Waals surface area contributed by atoms with Crippen LogP contribution in [-0.2, 0) is 0 Å². The number of fused-ring (bicyclic) bond motifs is 1. The number of aromatic nitrogens is 4. The van der Waals surface area contributed by atoms with Crippen molar-refractivity contribution in [1.82, 2.24) is 19.6 Å². The Hall–Kier alpha value is -1.48. The van der Waals surface area contributed by atoms with Crippen molar-refractivity contribution in [3.8, 4) is 0 Å². The summed E-state index contributed by atoms with van der Waals surface area (Å²) in [6.07, 6.45) is 1.39. The van der Waals surface area contributed by atoms with E-state index in [0.717, 1.165) is 9.26 Å². The first-order valence-corrected chi connectivity index (χ1v) is 6.67. The molecule has 0 unspecified atom stereocenters. The molecule has 0 radical (unpaired) electrons. The van der Waals surface area contributed by atoms with Crippen molar-refractivity contribution in [3.05, 3.63) is 45.1 Å². The van der Waals surface area contributed by atoms with Gasteiger partial charge in [0.25, 0.3) is 5.78 Å². The van der Waals surface area contributed by atoms with Crippen molar-refractivity contribution in [1.29, 1.82) is 0 Å². The van der Waals surface area contributed by atoms with Gasteiger partial charge in [-0.1, -0.05) is 11.6 Å². The molecule has 5 nitrogen and oxygen atoms in total. The third-order valence-corrected chi connectivity index (χ3v) is 3.50. The summed E-state index contributed by atoms with van der Waals surface area (Å²) in [5, 5.41) is 7.49. The van der Waals surface area contributed by atoms with Gasteiger partial charge in [0.05, 0.1) is 5.69 Å². The molecule has 0 saturated heterocycles. The van der Waals surface area contributed by atoms with E-state index in [1.165, 1.54) is 23.0 Å². The summed E-state index contributed by atoms with van der Waals surface area (Å²) in [6.45, 7) is 0. The predicted molar refractivity (Wildman–Crippen MR) is 78.2 cm³/mol. The van der Waals surface area contributed by atoms with Crippen molar-refractivity contribution in [3.63, 3.8) is 0 Å². The topological polar surface area (TPSA) is 55.1 Å². The molecule has 1 aromatic carbocycles. The highest BCUT2D eigenvalue weighted by atomic mass is 127. The lowest BCUT2D eigenvalue weighted by molar-refractivity contribution is 0.627. The molecule has 0 aliphatic rings. The molecular weight excluding hydrogens is 384 g/mol. The van der Waals surface area contributed by atoms with Crippen molar-refractivity contribution >= 4 is 51.5 Å². The molecule has 0 atom stereocenters. The highest BCUT2D eigenvalue weighted by Crippen LogP contribution is 2.24. The summed E-state index contributed by atoms with van der Waals surface area (Å²) in [4.78, 5) is 8.00. The number of halogens is 3. The molecule has 96 valence electrons. The SMILES string of the molecule is Fc1ccc(Nc2cc(Cl)nc3ncnn23)c(I)c1. The van der Waals surface area contributed by atoms with Crippen molar-refractivity contribution < 1.29 is 4.39 Å². The van der Waals surface area contributed by atoms with Gasteiger partial charge in [0.2, 0.25) is 0 Å². The summed E-state index contributed by atoms with van der Waals surface area (Å²) in [7, 11) is 0. The van der Waals surface area contributed by atoms with E-state index in [4.69, 9.17) is 11.6 Å². The molecule has 2 aromatic heterocycles. The molecule has 0 spiro atoms. The first-order valence-electron chi connectivity index (χ1n) is 5.22. The van der Waals surface area contributed by atoms with Gasteiger partial charge in [-0.3, -0.25) is 0 Å². The Bertz CT molecular complexity index is 760. The monoisotopic (exact) mass is 389 g/mol. The van der Waals surface area contributed by atoms with E-state index in [1.807, 2.05) is 22.6 Å². The van der Waals surface area contributed by atoms with Crippen LogP contribution in [0, 0.1) is 9.39 Å². The summed E-state index contributed by atoms with van der Waals surface area (Å²) < 4.78 is 15.3. The minimum Gasteiger partial charge on any atom is -0.339 e. The van der Waals surface area contributed by atoms with Gasteiger partial charge >= 0.3 is 0 Å². The maximum atomic E-state index is 13.1. The zero-order chi connectivity index (χ0) is 13.4. The Balaban J connectivity index is 2.07. The maximum Gasteiger partial charge on any atom is 0.255 e. The maximum absolute atomic E-state index is 13.1. The molecule has 1 N–H and O–H groups in total. The lowest BCUT2D eigenvalue weighted by Gasteiger charge is -2.09. The minimum absolute atomic E-state index is 0.284. The number of rotatable bonds is 2. The number of hydrogen-bond acceptors (Lipinski definition) is 4. The normalized spacial score (nSPS) is 10.9. The van der Waals surface area contributed by atoms with E-state index < -0.39 is 0 Å². The van der Waals surface area contributed by atoms with Crippen molar-refractivity contribution in [2.45, 2.75) is 0 Å². The van der Waals surface area contributed by atoms with Crippen molar-refractivity contribution in [2.75, 3.05) is 5.32 Å². The highest BCUT2D eigenvalue weighted by Gasteiger charge is 2.08. The summed E-state index contributed by atoms with van der Waals surface area (Å²) in [6, 6.07) is 6.09. The van der Waals surface area contributed by atoms with Crippen LogP contribution in [0.25, 0.3) is 5.78 Å². The largest absolute Gasteiger partial charge is 0.339 e. The Kier molecular flexibility index (Phi) is 3.23. The van der Waals surface area contributed by atoms with Crippen LogP contribution in [0.3, 0.4) is 0 Å². The second-order valence-electron chi connectivity index (χ2n) is 3.69. The van der Waals surface area contributed by atoms with Crippen molar-refractivity contribution in [2.24, 2.45) is 0 Å². The predicted octanol–water partition coefficient (Wildman–Crippen LogP) is 3.27. The quantitative estimate of drug-likeness (QED) is 0.540. The smallest absolute Gasteiger partial charge is 0.255 e. The van der Waals surface area contributed by atoms with Gasteiger partial charge in [0.1, 0.15) is 23.1 Å². The van der Waals surface area contributed by atoms with E-state index in [-0.39, 0.29) is 5.82 Å². The molecule has 3 aromatic rings. The molecule has 2 heterocycles. The standard InChI is InChI=1S/C11H6ClFIN5/c12-9-4-10(19-11(18-9)15-5-16-19)17-8-2-1-6(13)3-7(8)14/h1-5,17H. The molecule has 0 aliphatic heterocycles. The van der Waals surface area contributed by atoms with Crippen LogP contribution < -0.4 is 5.32 Å². The zero-order valence-corrected chi connectivity index (χ0v) is 12.2. The van der Waals surface area contributed by atoms with Crippen LogP contribution in [0.5, 0.6) is 0 Å². The molecule has 0 fully saturated rings. The fraction of sp³-hybridized carbons (Fsp3) is 0. The summed E-state index contributed by atoms with van der Waals surface area (Å²) in [5.74, 6) is 0.720. The number of anilines is 2. The van der Waals surface area contributed by atoms with Gasteiger partial charge < -0.3 is 5.32 Å².